The molecule has 10 nitrogen and oxygen atoms in total. The highest BCUT2D eigenvalue weighted by Gasteiger charge is 2.39. The van der Waals surface area contributed by atoms with Crippen molar-refractivity contribution in [3.63, 3.8) is 0 Å². The molecule has 37 heavy (non-hydrogen) atoms. The van der Waals surface area contributed by atoms with E-state index in [-0.39, 0.29) is 43.5 Å². The van der Waals surface area contributed by atoms with Gasteiger partial charge in [-0.25, -0.2) is 13.2 Å². The number of ether oxygens (including phenoxy) is 1. The molecule has 1 amide bonds. The van der Waals surface area contributed by atoms with Gasteiger partial charge in [-0.15, -0.1) is 0 Å². The minimum Gasteiger partial charge on any atom is -0.465 e. The molecule has 0 saturated carbocycles. The van der Waals surface area contributed by atoms with Crippen molar-refractivity contribution in [3.8, 4) is 0 Å². The van der Waals surface area contributed by atoms with Crippen LogP contribution in [0.1, 0.15) is 31.4 Å². The number of hydrogen-bond acceptors (Lipinski definition) is 7. The van der Waals surface area contributed by atoms with Crippen LogP contribution < -0.4 is 0 Å². The predicted molar refractivity (Wildman–Crippen MR) is 139 cm³/mol. The van der Waals surface area contributed by atoms with E-state index in [4.69, 9.17) is 4.74 Å². The molecule has 1 aliphatic rings. The molecule has 202 valence electrons. The van der Waals surface area contributed by atoms with Crippen LogP contribution in [-0.2, 0) is 27.7 Å². The average molecular weight is 534 g/mol. The highest BCUT2D eigenvalue weighted by molar-refractivity contribution is 7.89. The summed E-state index contributed by atoms with van der Waals surface area (Å²) < 4.78 is 33.8. The zero-order chi connectivity index (χ0) is 27.0. The Morgan fingerprint density at radius 3 is 2.30 bits per heavy atom. The molecule has 0 aromatic heterocycles. The number of benzene rings is 2. The number of aliphatic hydroxyl groups is 1. The molecule has 0 spiro atoms. The number of carboxylic acid groups (broad SMARTS) is 1. The third-order valence-electron chi connectivity index (χ3n) is 6.38. The second kappa shape index (κ2) is 13.1. The van der Waals surface area contributed by atoms with E-state index in [9.17, 15) is 28.3 Å². The summed E-state index contributed by atoms with van der Waals surface area (Å²) in [6.45, 7) is 4.17. The summed E-state index contributed by atoms with van der Waals surface area (Å²) in [5.41, 5.74) is 1.41. The van der Waals surface area contributed by atoms with Gasteiger partial charge in [0.05, 0.1) is 29.7 Å². The quantitative estimate of drug-likeness (QED) is 0.377. The van der Waals surface area contributed by atoms with Crippen LogP contribution in [0.3, 0.4) is 0 Å². The lowest BCUT2D eigenvalue weighted by Crippen LogP contribution is -2.56. The summed E-state index contributed by atoms with van der Waals surface area (Å²) in [4.78, 5) is 24.2. The molecule has 2 aromatic carbocycles. The Morgan fingerprint density at radius 1 is 1.08 bits per heavy atom. The molecule has 1 fully saturated rings. The molecule has 3 rings (SSSR count). The Morgan fingerprint density at radius 2 is 1.76 bits per heavy atom. The Kier molecular flexibility index (Phi) is 10.2. The van der Waals surface area contributed by atoms with Gasteiger partial charge in [-0.1, -0.05) is 61.5 Å². The van der Waals surface area contributed by atoms with Crippen molar-refractivity contribution < 1.29 is 28.2 Å². The van der Waals surface area contributed by atoms with Crippen molar-refractivity contribution in [3.05, 3.63) is 70.6 Å². The number of nitroso groups, excluding NO2 is 1. The maximum absolute atomic E-state index is 13.6. The fourth-order valence-electron chi connectivity index (χ4n) is 4.58. The summed E-state index contributed by atoms with van der Waals surface area (Å²) in [7, 11) is -4.02. The Hall–Kier alpha value is -2.86. The molecule has 2 aromatic rings. The number of carbonyl (C=O) groups is 1. The SMILES string of the molecule is CC(C)CN(C[C@@H](O)[C@H](Cc1ccccc1)N(C(=O)O)C1CCOC1)S(=O)(=O)c1ccc(CN=O)cc1. The fraction of sp³-hybridized carbons (Fsp3) is 0.500. The molecule has 3 atom stereocenters. The maximum Gasteiger partial charge on any atom is 0.407 e. The second-order valence-corrected chi connectivity index (χ2v) is 11.6. The lowest BCUT2D eigenvalue weighted by molar-refractivity contribution is 0.0163. The van der Waals surface area contributed by atoms with Gasteiger partial charge >= 0.3 is 6.09 Å². The second-order valence-electron chi connectivity index (χ2n) is 9.68. The van der Waals surface area contributed by atoms with Crippen LogP contribution in [0.15, 0.2) is 64.7 Å². The molecular formula is C26H35N3O7S. The van der Waals surface area contributed by atoms with Crippen LogP contribution >= 0.6 is 0 Å². The number of rotatable bonds is 13. The lowest BCUT2D eigenvalue weighted by atomic mass is 9.97. The Labute approximate surface area is 217 Å². The normalized spacial score (nSPS) is 17.6. The number of sulfonamides is 1. The first kappa shape index (κ1) is 28.7. The standard InChI is InChI=1S/C26H35N3O7S/c1-19(2)16-28(37(34,35)23-10-8-21(9-11-23)15-27-33)17-25(30)24(14-20-6-4-3-5-7-20)29(26(31)32)22-12-13-36-18-22/h3-11,19,22,24-25,30H,12-18H2,1-2H3,(H,31,32)/t22?,24-,25+/m0/s1. The third kappa shape index (κ3) is 7.57. The van der Waals surface area contributed by atoms with Crippen molar-refractivity contribution >= 4 is 16.1 Å². The third-order valence-corrected chi connectivity index (χ3v) is 8.22. The minimum atomic E-state index is -4.02. The summed E-state index contributed by atoms with van der Waals surface area (Å²) in [5, 5.41) is 24.4. The fourth-order valence-corrected chi connectivity index (χ4v) is 6.21. The van der Waals surface area contributed by atoms with Gasteiger partial charge in [-0.3, -0.25) is 4.90 Å². The zero-order valence-electron chi connectivity index (χ0n) is 21.1. The van der Waals surface area contributed by atoms with Crippen molar-refractivity contribution in [1.82, 2.24) is 9.21 Å². The van der Waals surface area contributed by atoms with E-state index in [0.29, 0.717) is 18.6 Å². The average Bonchev–Trinajstić information content (AvgIpc) is 3.38. The first-order valence-electron chi connectivity index (χ1n) is 12.3. The molecule has 0 aliphatic carbocycles. The number of hydrogen-bond donors (Lipinski definition) is 2. The zero-order valence-corrected chi connectivity index (χ0v) is 22.0. The van der Waals surface area contributed by atoms with Crippen LogP contribution in [0.4, 0.5) is 4.79 Å². The van der Waals surface area contributed by atoms with Crippen molar-refractivity contribution in [2.24, 2.45) is 11.1 Å². The van der Waals surface area contributed by atoms with E-state index in [1.807, 2.05) is 44.2 Å². The molecule has 1 heterocycles. The van der Waals surface area contributed by atoms with E-state index < -0.39 is 34.3 Å². The number of amides is 1. The van der Waals surface area contributed by atoms with Gasteiger partial charge in [-0.2, -0.15) is 9.21 Å². The van der Waals surface area contributed by atoms with Crippen LogP contribution in [0.2, 0.25) is 0 Å². The maximum atomic E-state index is 13.6. The smallest absolute Gasteiger partial charge is 0.407 e. The molecule has 0 bridgehead atoms. The van der Waals surface area contributed by atoms with Gasteiger partial charge in [0.2, 0.25) is 10.0 Å². The monoisotopic (exact) mass is 533 g/mol. The van der Waals surface area contributed by atoms with Crippen molar-refractivity contribution in [2.45, 2.75) is 56.3 Å². The summed E-state index contributed by atoms with van der Waals surface area (Å²) in [6.07, 6.45) is -1.77. The largest absolute Gasteiger partial charge is 0.465 e. The van der Waals surface area contributed by atoms with Gasteiger partial charge < -0.3 is 14.9 Å². The van der Waals surface area contributed by atoms with Gasteiger partial charge in [-0.05, 0) is 42.0 Å². The Balaban J connectivity index is 1.93. The van der Waals surface area contributed by atoms with Crippen LogP contribution in [0, 0.1) is 10.8 Å². The molecule has 11 heteroatoms. The van der Waals surface area contributed by atoms with Crippen molar-refractivity contribution in [1.29, 1.82) is 0 Å². The van der Waals surface area contributed by atoms with Crippen LogP contribution in [0.5, 0.6) is 0 Å². The van der Waals surface area contributed by atoms with Crippen LogP contribution in [-0.4, -0.2) is 78.4 Å². The van der Waals surface area contributed by atoms with E-state index in [0.717, 1.165) is 5.56 Å². The highest BCUT2D eigenvalue weighted by atomic mass is 32.2. The highest BCUT2D eigenvalue weighted by Crippen LogP contribution is 2.24. The molecule has 0 radical (unpaired) electrons. The topological polar surface area (TPSA) is 137 Å². The van der Waals surface area contributed by atoms with E-state index in [1.165, 1.54) is 33.5 Å². The van der Waals surface area contributed by atoms with Gasteiger partial charge in [0.1, 0.15) is 6.54 Å². The Bertz CT molecular complexity index is 1120. The summed E-state index contributed by atoms with van der Waals surface area (Å²) in [5.74, 6) is -0.0492. The number of nitrogens with zero attached hydrogens (tertiary/aromatic N) is 3. The summed E-state index contributed by atoms with van der Waals surface area (Å²) >= 11 is 0. The molecule has 2 N–H and O–H groups in total. The summed E-state index contributed by atoms with van der Waals surface area (Å²) in [6, 6.07) is 13.8. The molecule has 1 unspecified atom stereocenters. The van der Waals surface area contributed by atoms with Crippen molar-refractivity contribution in [2.75, 3.05) is 26.3 Å². The number of aliphatic hydroxyl groups excluding tert-OH is 1. The first-order valence-corrected chi connectivity index (χ1v) is 13.8. The van der Waals surface area contributed by atoms with E-state index in [2.05, 4.69) is 5.18 Å². The van der Waals surface area contributed by atoms with Gasteiger partial charge in [0.15, 0.2) is 0 Å². The van der Waals surface area contributed by atoms with Crippen LogP contribution in [0.25, 0.3) is 0 Å². The molecule has 1 aliphatic heterocycles. The minimum absolute atomic E-state index is 0.0221. The lowest BCUT2D eigenvalue weighted by Gasteiger charge is -2.38. The molecular weight excluding hydrogens is 498 g/mol. The molecule has 1 saturated heterocycles. The predicted octanol–water partition coefficient (Wildman–Crippen LogP) is 3.34. The van der Waals surface area contributed by atoms with Gasteiger partial charge in [0, 0.05) is 19.7 Å². The van der Waals surface area contributed by atoms with E-state index in [1.54, 1.807) is 0 Å². The van der Waals surface area contributed by atoms with Gasteiger partial charge in [0.25, 0.3) is 0 Å². The van der Waals surface area contributed by atoms with E-state index >= 15 is 0 Å². The first-order chi connectivity index (χ1) is 17.6.